The van der Waals surface area contributed by atoms with Gasteiger partial charge in [-0.2, -0.15) is 0 Å². The summed E-state index contributed by atoms with van der Waals surface area (Å²) in [5.41, 5.74) is 7.64. The first-order valence-electron chi connectivity index (χ1n) is 9.48. The van der Waals surface area contributed by atoms with Gasteiger partial charge < -0.3 is 16.4 Å². The number of thiazole rings is 1. The molecule has 1 aliphatic carbocycles. The van der Waals surface area contributed by atoms with Gasteiger partial charge in [0.1, 0.15) is 5.69 Å². The summed E-state index contributed by atoms with van der Waals surface area (Å²) in [6.07, 6.45) is 6.12. The molecule has 1 heterocycles. The number of hydrogen-bond acceptors (Lipinski definition) is 5. The Bertz CT molecular complexity index is 790. The number of aromatic nitrogens is 1. The van der Waals surface area contributed by atoms with Gasteiger partial charge in [0, 0.05) is 30.0 Å². The minimum absolute atomic E-state index is 0. The van der Waals surface area contributed by atoms with Crippen LogP contribution in [0, 0.1) is 5.92 Å². The molecule has 0 bridgehead atoms. The number of halogens is 1. The Balaban J connectivity index is 0.00000280. The van der Waals surface area contributed by atoms with Gasteiger partial charge in [-0.25, -0.2) is 4.98 Å². The number of nitrogens with one attached hydrogen (secondary N) is 2. The highest BCUT2D eigenvalue weighted by Gasteiger charge is 2.21. The van der Waals surface area contributed by atoms with E-state index < -0.39 is 0 Å². The lowest BCUT2D eigenvalue weighted by atomic mass is 9.88. The lowest BCUT2D eigenvalue weighted by Gasteiger charge is -2.20. The summed E-state index contributed by atoms with van der Waals surface area (Å²) in [4.78, 5) is 28.9. The molecule has 2 amide bonds. The van der Waals surface area contributed by atoms with E-state index in [1.165, 1.54) is 17.8 Å². The number of rotatable bonds is 7. The predicted octanol–water partition coefficient (Wildman–Crippen LogP) is 3.51. The van der Waals surface area contributed by atoms with Gasteiger partial charge in [-0.05, 0) is 37.1 Å². The summed E-state index contributed by atoms with van der Waals surface area (Å²) in [6.45, 7) is 0.906. The van der Waals surface area contributed by atoms with Crippen molar-refractivity contribution in [1.82, 2.24) is 10.3 Å². The van der Waals surface area contributed by atoms with Crippen LogP contribution in [0.15, 0.2) is 29.6 Å². The first-order valence-corrected chi connectivity index (χ1v) is 10.4. The second-order valence-corrected chi connectivity index (χ2v) is 7.82. The number of carbonyl (C=O) groups excluding carboxylic acids is 2. The monoisotopic (exact) mass is 422 g/mol. The van der Waals surface area contributed by atoms with Gasteiger partial charge in [-0.3, -0.25) is 9.59 Å². The Labute approximate surface area is 175 Å². The van der Waals surface area contributed by atoms with Crippen molar-refractivity contribution < 1.29 is 9.59 Å². The molecule has 1 aliphatic rings. The second-order valence-electron chi connectivity index (χ2n) is 6.87. The third kappa shape index (κ3) is 6.29. The molecule has 8 heteroatoms. The zero-order valence-corrected chi connectivity index (χ0v) is 17.4. The van der Waals surface area contributed by atoms with Crippen LogP contribution in [-0.2, 0) is 17.8 Å². The smallest absolute Gasteiger partial charge is 0.271 e. The average Bonchev–Trinajstić information content (AvgIpc) is 3.16. The van der Waals surface area contributed by atoms with Crippen LogP contribution < -0.4 is 16.4 Å². The maximum atomic E-state index is 12.4. The first-order chi connectivity index (χ1) is 13.2. The number of anilines is 1. The molecule has 152 valence electrons. The maximum absolute atomic E-state index is 12.4. The second kappa shape index (κ2) is 11.1. The summed E-state index contributed by atoms with van der Waals surface area (Å²) in [7, 11) is 0. The normalized spacial score (nSPS) is 14.2. The zero-order valence-electron chi connectivity index (χ0n) is 15.8. The first kappa shape index (κ1) is 22.3. The molecule has 1 aromatic carbocycles. The number of nitrogens with two attached hydrogens (primary N) is 1. The molecule has 0 aliphatic heterocycles. The molecule has 0 atom stereocenters. The fourth-order valence-electron chi connectivity index (χ4n) is 3.29. The Morgan fingerprint density at radius 1 is 1.21 bits per heavy atom. The minimum Gasteiger partial charge on any atom is -0.347 e. The molecule has 1 aromatic heterocycles. The van der Waals surface area contributed by atoms with Crippen LogP contribution in [0.4, 0.5) is 5.69 Å². The largest absolute Gasteiger partial charge is 0.347 e. The number of nitrogens with zero attached hydrogens (tertiary/aromatic N) is 1. The van der Waals surface area contributed by atoms with E-state index in [4.69, 9.17) is 5.73 Å². The molecule has 0 spiro atoms. The third-order valence-electron chi connectivity index (χ3n) is 4.77. The van der Waals surface area contributed by atoms with Gasteiger partial charge >= 0.3 is 0 Å². The number of amides is 2. The molecule has 0 radical (unpaired) electrons. The summed E-state index contributed by atoms with van der Waals surface area (Å²) >= 11 is 1.45. The molecule has 2 aromatic rings. The summed E-state index contributed by atoms with van der Waals surface area (Å²) in [5, 5.41) is 8.51. The van der Waals surface area contributed by atoms with E-state index in [-0.39, 0.29) is 30.1 Å². The van der Waals surface area contributed by atoms with E-state index in [1.54, 1.807) is 5.38 Å². The van der Waals surface area contributed by atoms with Crippen molar-refractivity contribution in [2.24, 2.45) is 11.7 Å². The van der Waals surface area contributed by atoms with Gasteiger partial charge in [-0.1, -0.05) is 31.4 Å². The van der Waals surface area contributed by atoms with Crippen molar-refractivity contribution in [2.45, 2.75) is 45.1 Å². The Morgan fingerprint density at radius 3 is 2.75 bits per heavy atom. The van der Waals surface area contributed by atoms with Crippen LogP contribution in [0.3, 0.4) is 0 Å². The molecule has 0 saturated heterocycles. The van der Waals surface area contributed by atoms with E-state index in [1.807, 2.05) is 24.3 Å². The maximum Gasteiger partial charge on any atom is 0.271 e. The standard InChI is InChI=1S/C20H26N4O2S.ClH/c21-10-9-18-24-17(13-27-18)20(26)22-12-14-5-4-8-16(11-14)23-19(25)15-6-2-1-3-7-15;/h4-5,8,11,13,15H,1-3,6-7,9-10,12,21H2,(H,22,26)(H,23,25);1H. The predicted molar refractivity (Wildman–Crippen MR) is 115 cm³/mol. The summed E-state index contributed by atoms with van der Waals surface area (Å²) < 4.78 is 0. The Kier molecular flexibility index (Phi) is 8.89. The van der Waals surface area contributed by atoms with Gasteiger partial charge in [0.25, 0.3) is 5.91 Å². The highest BCUT2D eigenvalue weighted by atomic mass is 35.5. The average molecular weight is 423 g/mol. The van der Waals surface area contributed by atoms with Gasteiger partial charge in [0.15, 0.2) is 0 Å². The molecule has 6 nitrogen and oxygen atoms in total. The quantitative estimate of drug-likeness (QED) is 0.635. The Morgan fingerprint density at radius 2 is 2.00 bits per heavy atom. The van der Waals surface area contributed by atoms with E-state index >= 15 is 0 Å². The molecular weight excluding hydrogens is 396 g/mol. The lowest BCUT2D eigenvalue weighted by molar-refractivity contribution is -0.120. The molecule has 1 saturated carbocycles. The molecule has 4 N–H and O–H groups in total. The van der Waals surface area contributed by atoms with E-state index in [9.17, 15) is 9.59 Å². The molecule has 1 fully saturated rings. The van der Waals surface area contributed by atoms with Gasteiger partial charge in [0.2, 0.25) is 5.91 Å². The van der Waals surface area contributed by atoms with Crippen molar-refractivity contribution in [3.63, 3.8) is 0 Å². The van der Waals surface area contributed by atoms with Crippen LogP contribution in [-0.4, -0.2) is 23.3 Å². The van der Waals surface area contributed by atoms with Gasteiger partial charge in [-0.15, -0.1) is 23.7 Å². The van der Waals surface area contributed by atoms with Crippen molar-refractivity contribution in [3.05, 3.63) is 45.9 Å². The Hall–Kier alpha value is -1.96. The lowest BCUT2D eigenvalue weighted by Crippen LogP contribution is -2.25. The van der Waals surface area contributed by atoms with Crippen molar-refractivity contribution in [3.8, 4) is 0 Å². The van der Waals surface area contributed by atoms with Crippen molar-refractivity contribution >= 4 is 41.2 Å². The summed E-state index contributed by atoms with van der Waals surface area (Å²) in [6, 6.07) is 7.60. The van der Waals surface area contributed by atoms with E-state index in [0.717, 1.165) is 41.9 Å². The van der Waals surface area contributed by atoms with Crippen LogP contribution in [0.2, 0.25) is 0 Å². The fourth-order valence-corrected chi connectivity index (χ4v) is 4.09. The third-order valence-corrected chi connectivity index (χ3v) is 5.67. The fraction of sp³-hybridized carbons (Fsp3) is 0.450. The molecule has 0 unspecified atom stereocenters. The molecular formula is C20H27ClN4O2S. The van der Waals surface area contributed by atoms with Crippen LogP contribution in [0.5, 0.6) is 0 Å². The van der Waals surface area contributed by atoms with E-state index in [2.05, 4.69) is 15.6 Å². The topological polar surface area (TPSA) is 97.1 Å². The number of carbonyl (C=O) groups is 2. The number of benzene rings is 1. The SMILES string of the molecule is Cl.NCCc1nc(C(=O)NCc2cccc(NC(=O)C3CCCCC3)c2)cs1. The number of hydrogen-bond donors (Lipinski definition) is 3. The van der Waals surface area contributed by atoms with Crippen LogP contribution >= 0.6 is 23.7 Å². The van der Waals surface area contributed by atoms with Crippen LogP contribution in [0.25, 0.3) is 0 Å². The zero-order chi connectivity index (χ0) is 19.1. The van der Waals surface area contributed by atoms with Crippen molar-refractivity contribution in [2.75, 3.05) is 11.9 Å². The minimum atomic E-state index is -0.203. The van der Waals surface area contributed by atoms with E-state index in [0.29, 0.717) is 25.2 Å². The van der Waals surface area contributed by atoms with Crippen LogP contribution in [0.1, 0.15) is 53.2 Å². The highest BCUT2D eigenvalue weighted by molar-refractivity contribution is 7.09. The molecule has 3 rings (SSSR count). The highest BCUT2D eigenvalue weighted by Crippen LogP contribution is 2.25. The van der Waals surface area contributed by atoms with Gasteiger partial charge in [0.05, 0.1) is 5.01 Å². The van der Waals surface area contributed by atoms with Crippen molar-refractivity contribution in [1.29, 1.82) is 0 Å². The molecule has 28 heavy (non-hydrogen) atoms. The summed E-state index contributed by atoms with van der Waals surface area (Å²) in [5.74, 6) is 0.0199.